The van der Waals surface area contributed by atoms with E-state index < -0.39 is 16.7 Å². The van der Waals surface area contributed by atoms with Crippen LogP contribution in [0, 0.1) is 62.6 Å². The molecule has 1 N–H and O–H groups in total. The van der Waals surface area contributed by atoms with Crippen LogP contribution < -0.4 is 0 Å². The molecule has 6 nitrogen and oxygen atoms in total. The van der Waals surface area contributed by atoms with Crippen LogP contribution in [-0.4, -0.2) is 36.4 Å². The molecule has 0 aliphatic heterocycles. The van der Waals surface area contributed by atoms with Gasteiger partial charge < -0.3 is 9.84 Å². The predicted octanol–water partition coefficient (Wildman–Crippen LogP) is 4.57. The second-order valence-electron chi connectivity index (χ2n) is 13.4. The van der Waals surface area contributed by atoms with E-state index in [1.807, 2.05) is 13.0 Å². The third kappa shape index (κ3) is 3.20. The largest absolute Gasteiger partial charge is 0.469 e. The molecule has 0 aromatic rings. The number of hydrogen-bond donors (Lipinski definition) is 1. The van der Waals surface area contributed by atoms with Crippen molar-refractivity contribution in [2.24, 2.45) is 51.2 Å². The van der Waals surface area contributed by atoms with Crippen LogP contribution in [0.15, 0.2) is 23.3 Å². The van der Waals surface area contributed by atoms with Gasteiger partial charge in [-0.3, -0.25) is 14.4 Å². The fourth-order valence-corrected chi connectivity index (χ4v) is 9.47. The molecular weight excluding hydrogens is 454 g/mol. The Morgan fingerprint density at radius 1 is 1.08 bits per heavy atom. The third-order valence-corrected chi connectivity index (χ3v) is 11.3. The summed E-state index contributed by atoms with van der Waals surface area (Å²) in [6.45, 7) is 8.49. The number of rotatable bonds is 2. The van der Waals surface area contributed by atoms with Crippen molar-refractivity contribution in [2.75, 3.05) is 13.7 Å². The Balaban J connectivity index is 1.64. The van der Waals surface area contributed by atoms with E-state index >= 15 is 0 Å². The first-order valence-corrected chi connectivity index (χ1v) is 13.5. The van der Waals surface area contributed by atoms with Crippen molar-refractivity contribution in [2.45, 2.75) is 72.6 Å². The van der Waals surface area contributed by atoms with Crippen molar-refractivity contribution in [3.05, 3.63) is 23.3 Å². The number of fused-ring (bicyclic) bond motifs is 7. The molecule has 6 heteroatoms. The number of nitrogens with zero attached hydrogens (tertiary/aromatic N) is 1. The minimum absolute atomic E-state index is 0.0524. The molecule has 5 rings (SSSR count). The maximum Gasteiger partial charge on any atom is 0.312 e. The van der Waals surface area contributed by atoms with Crippen molar-refractivity contribution in [1.82, 2.24) is 0 Å². The van der Waals surface area contributed by atoms with E-state index in [4.69, 9.17) is 4.74 Å². The molecule has 5 aliphatic carbocycles. The van der Waals surface area contributed by atoms with Crippen LogP contribution in [0.5, 0.6) is 0 Å². The number of hydrogen-bond acceptors (Lipinski definition) is 6. The molecule has 3 saturated carbocycles. The number of esters is 1. The van der Waals surface area contributed by atoms with Gasteiger partial charge in [-0.25, -0.2) is 0 Å². The number of carbonyl (C=O) groups excluding carboxylic acids is 3. The molecule has 5 aliphatic rings. The average Bonchev–Trinajstić information content (AvgIpc) is 2.84. The summed E-state index contributed by atoms with van der Waals surface area (Å²) in [6.07, 6.45) is 9.24. The quantitative estimate of drug-likeness (QED) is 0.565. The number of ketones is 2. The number of ether oxygens (including phenoxy) is 1. The number of aliphatic hydroxyl groups is 1. The SMILES string of the molecule is COC(=O)C12CCC3C(C(=O)C=C4C5(C)C=C(C#N)C(=O)C(CO)C5CCC43C)C1CC(C)(C)CC2. The van der Waals surface area contributed by atoms with Crippen molar-refractivity contribution in [3.63, 3.8) is 0 Å². The zero-order valence-corrected chi connectivity index (χ0v) is 22.2. The van der Waals surface area contributed by atoms with E-state index in [9.17, 15) is 24.8 Å². The Kier molecular flexibility index (Phi) is 5.73. The Morgan fingerprint density at radius 2 is 1.78 bits per heavy atom. The van der Waals surface area contributed by atoms with E-state index in [0.29, 0.717) is 0 Å². The molecule has 0 heterocycles. The van der Waals surface area contributed by atoms with E-state index in [1.54, 1.807) is 6.08 Å². The Labute approximate surface area is 214 Å². The maximum absolute atomic E-state index is 14.1. The van der Waals surface area contributed by atoms with Gasteiger partial charge in [-0.15, -0.1) is 0 Å². The second-order valence-corrected chi connectivity index (χ2v) is 13.4. The van der Waals surface area contributed by atoms with Crippen LogP contribution >= 0.6 is 0 Å². The van der Waals surface area contributed by atoms with Gasteiger partial charge in [-0.1, -0.05) is 39.3 Å². The molecule has 194 valence electrons. The highest BCUT2D eigenvalue weighted by Crippen LogP contribution is 2.69. The minimum atomic E-state index is -0.636. The summed E-state index contributed by atoms with van der Waals surface area (Å²) >= 11 is 0. The fraction of sp³-hybridized carbons (Fsp3) is 0.733. The summed E-state index contributed by atoms with van der Waals surface area (Å²) in [5, 5.41) is 19.8. The van der Waals surface area contributed by atoms with Crippen molar-refractivity contribution < 1.29 is 24.2 Å². The monoisotopic (exact) mass is 493 g/mol. The zero-order chi connectivity index (χ0) is 26.3. The van der Waals surface area contributed by atoms with Crippen LogP contribution in [0.2, 0.25) is 0 Å². The number of carbonyl (C=O) groups is 3. The first kappa shape index (κ1) is 25.4. The van der Waals surface area contributed by atoms with E-state index in [2.05, 4.69) is 26.8 Å². The standard InChI is InChI=1S/C30H39NO5/c1-27(2)10-11-30(26(35)36-5)9-7-20-24(21(30)14-27)22(33)12-23-28(20,3)8-6-19-18(16-32)25(34)17(15-31)13-29(19,23)4/h12-13,18-21,24,32H,6-11,14,16H2,1-5H3. The van der Waals surface area contributed by atoms with E-state index in [0.717, 1.165) is 50.5 Å². The molecule has 3 fully saturated rings. The van der Waals surface area contributed by atoms with Crippen molar-refractivity contribution in [3.8, 4) is 6.07 Å². The van der Waals surface area contributed by atoms with Crippen LogP contribution in [0.1, 0.15) is 72.6 Å². The lowest BCUT2D eigenvalue weighted by molar-refractivity contribution is -0.178. The Bertz CT molecular complexity index is 1130. The van der Waals surface area contributed by atoms with Gasteiger partial charge >= 0.3 is 5.97 Å². The lowest BCUT2D eigenvalue weighted by Crippen LogP contribution is -2.61. The molecule has 0 aromatic carbocycles. The molecule has 0 saturated heterocycles. The maximum atomic E-state index is 14.1. The highest BCUT2D eigenvalue weighted by atomic mass is 16.5. The van der Waals surface area contributed by atoms with Crippen LogP contribution in [0.25, 0.3) is 0 Å². The molecule has 0 spiro atoms. The molecule has 8 atom stereocenters. The average molecular weight is 494 g/mol. The molecule has 0 radical (unpaired) electrons. The normalized spacial score (nSPS) is 45.1. The Morgan fingerprint density at radius 3 is 2.42 bits per heavy atom. The van der Waals surface area contributed by atoms with Gasteiger partial charge in [0.2, 0.25) is 0 Å². The summed E-state index contributed by atoms with van der Waals surface area (Å²) in [4.78, 5) is 40.2. The zero-order valence-electron chi connectivity index (χ0n) is 22.2. The van der Waals surface area contributed by atoms with Gasteiger partial charge in [0.15, 0.2) is 11.6 Å². The number of allylic oxidation sites excluding steroid dienone is 4. The molecule has 36 heavy (non-hydrogen) atoms. The topological polar surface area (TPSA) is 104 Å². The second kappa shape index (κ2) is 8.12. The highest BCUT2D eigenvalue weighted by Gasteiger charge is 2.66. The molecule has 0 bridgehead atoms. The first-order valence-electron chi connectivity index (χ1n) is 13.5. The highest BCUT2D eigenvalue weighted by molar-refractivity contribution is 6.02. The van der Waals surface area contributed by atoms with Crippen LogP contribution in [0.3, 0.4) is 0 Å². The van der Waals surface area contributed by atoms with Crippen molar-refractivity contribution >= 4 is 17.5 Å². The smallest absolute Gasteiger partial charge is 0.312 e. The van der Waals surface area contributed by atoms with Crippen LogP contribution in [0.4, 0.5) is 0 Å². The summed E-state index contributed by atoms with van der Waals surface area (Å²) in [5.74, 6) is -1.31. The number of Topliss-reactive ketones (excluding diaryl/α,β-unsaturated/α-hetero) is 1. The Hall–Kier alpha value is -2.26. The molecule has 0 aromatic heterocycles. The lowest BCUT2D eigenvalue weighted by Gasteiger charge is -2.63. The lowest BCUT2D eigenvalue weighted by atomic mass is 9.39. The number of aliphatic hydroxyl groups excluding tert-OH is 1. The number of methoxy groups -OCH3 is 1. The molecule has 0 amide bonds. The third-order valence-electron chi connectivity index (χ3n) is 11.3. The predicted molar refractivity (Wildman–Crippen MR) is 133 cm³/mol. The van der Waals surface area contributed by atoms with Gasteiger partial charge in [0.25, 0.3) is 0 Å². The van der Waals surface area contributed by atoms with Gasteiger partial charge in [0, 0.05) is 11.3 Å². The minimum Gasteiger partial charge on any atom is -0.469 e. The summed E-state index contributed by atoms with van der Waals surface area (Å²) < 4.78 is 5.35. The van der Waals surface area contributed by atoms with Crippen molar-refractivity contribution in [1.29, 1.82) is 5.26 Å². The summed E-state index contributed by atoms with van der Waals surface area (Å²) in [6, 6.07) is 2.06. The van der Waals surface area contributed by atoms with Gasteiger partial charge in [-0.05, 0) is 79.6 Å². The first-order chi connectivity index (χ1) is 16.9. The summed E-state index contributed by atoms with van der Waals surface area (Å²) in [7, 11) is 1.46. The van der Waals surface area contributed by atoms with Gasteiger partial charge in [-0.2, -0.15) is 5.26 Å². The summed E-state index contributed by atoms with van der Waals surface area (Å²) in [5.41, 5.74) is -0.349. The van der Waals surface area contributed by atoms with Gasteiger partial charge in [0.1, 0.15) is 6.07 Å². The van der Waals surface area contributed by atoms with Crippen LogP contribution in [-0.2, 0) is 19.1 Å². The number of nitriles is 1. The fourth-order valence-electron chi connectivity index (χ4n) is 9.47. The molecule has 8 unspecified atom stereocenters. The van der Waals surface area contributed by atoms with Gasteiger partial charge in [0.05, 0.1) is 30.6 Å². The molecular formula is C30H39NO5. The van der Waals surface area contributed by atoms with E-state index in [-0.39, 0.29) is 64.2 Å². The van der Waals surface area contributed by atoms with E-state index in [1.165, 1.54) is 7.11 Å².